The predicted molar refractivity (Wildman–Crippen MR) is 209 cm³/mol. The van der Waals surface area contributed by atoms with Gasteiger partial charge in [0.2, 0.25) is 35.4 Å². The Morgan fingerprint density at radius 1 is 0.857 bits per heavy atom. The molecule has 56 heavy (non-hydrogen) atoms. The summed E-state index contributed by atoms with van der Waals surface area (Å²) in [6.07, 6.45) is 0.553. The van der Waals surface area contributed by atoms with Crippen LogP contribution in [0.2, 0.25) is 5.02 Å². The number of aryl methyl sites for hydroxylation is 1. The summed E-state index contributed by atoms with van der Waals surface area (Å²) < 4.78 is 16.8. The third kappa shape index (κ3) is 11.4. The molecule has 300 valence electrons. The number of carbonyl (C=O) groups is 6. The van der Waals surface area contributed by atoms with E-state index in [1.165, 1.54) is 54.0 Å². The van der Waals surface area contributed by atoms with Gasteiger partial charge in [-0.3, -0.25) is 28.8 Å². The Bertz CT molecular complexity index is 1910. The Kier molecular flexibility index (Phi) is 15.1. The molecule has 5 rings (SSSR count). The highest BCUT2D eigenvalue weighted by Gasteiger charge is 2.33. The number of methoxy groups -OCH3 is 2. The van der Waals surface area contributed by atoms with E-state index in [1.807, 2.05) is 12.1 Å². The van der Waals surface area contributed by atoms with Crippen LogP contribution in [0.4, 0.5) is 0 Å². The van der Waals surface area contributed by atoms with Gasteiger partial charge < -0.3 is 45.7 Å². The maximum Gasteiger partial charge on any atom is 0.245 e. The first-order valence-electron chi connectivity index (χ1n) is 18.1. The van der Waals surface area contributed by atoms with E-state index in [9.17, 15) is 28.8 Å². The Morgan fingerprint density at radius 2 is 1.50 bits per heavy atom. The van der Waals surface area contributed by atoms with Gasteiger partial charge in [-0.05, 0) is 74.2 Å². The lowest BCUT2D eigenvalue weighted by Crippen LogP contribution is -2.58. The van der Waals surface area contributed by atoms with Crippen LogP contribution in [-0.4, -0.2) is 98.9 Å². The summed E-state index contributed by atoms with van der Waals surface area (Å²) in [6.45, 7) is 4.41. The summed E-state index contributed by atoms with van der Waals surface area (Å²) in [5.74, 6) is -1.46. The van der Waals surface area contributed by atoms with Crippen molar-refractivity contribution < 1.29 is 43.0 Å². The molecule has 2 aliphatic heterocycles. The van der Waals surface area contributed by atoms with E-state index in [1.54, 1.807) is 48.5 Å². The lowest BCUT2D eigenvalue weighted by Gasteiger charge is -2.31. The fraction of sp³-hybridized carbons (Fsp3) is 0.400. The Hall–Kier alpha value is -5.83. The van der Waals surface area contributed by atoms with E-state index in [2.05, 4.69) is 26.6 Å². The SMILES string of the molecule is CNC(=O)[C@H](C)NC(=O)[C@H](Cc1ccc(OC)cc1)N(C)C(=O)[C@H](C)NC(=O)[C@@H](C)NC(=O)[C@@H]1Cc2cc(c(OC)cc2Cl)Oc2ccc(cc2)CCC(=O)N1. The second-order valence-corrected chi connectivity index (χ2v) is 13.9. The number of likely N-dealkylation sites (N-methyl/N-ethyl adjacent to an activating group) is 2. The van der Waals surface area contributed by atoms with Crippen molar-refractivity contribution in [1.82, 2.24) is 31.5 Å². The van der Waals surface area contributed by atoms with Gasteiger partial charge in [-0.15, -0.1) is 0 Å². The summed E-state index contributed by atoms with van der Waals surface area (Å²) in [4.78, 5) is 80.8. The van der Waals surface area contributed by atoms with Gasteiger partial charge in [0.05, 0.1) is 14.2 Å². The van der Waals surface area contributed by atoms with Crippen molar-refractivity contribution >= 4 is 47.0 Å². The molecule has 16 heteroatoms. The van der Waals surface area contributed by atoms with E-state index in [0.29, 0.717) is 40.5 Å². The van der Waals surface area contributed by atoms with Crippen molar-refractivity contribution in [3.05, 3.63) is 82.4 Å². The molecule has 0 aliphatic carbocycles. The largest absolute Gasteiger partial charge is 0.497 e. The van der Waals surface area contributed by atoms with Gasteiger partial charge >= 0.3 is 0 Å². The third-order valence-electron chi connectivity index (χ3n) is 9.39. The zero-order valence-electron chi connectivity index (χ0n) is 32.5. The summed E-state index contributed by atoms with van der Waals surface area (Å²) in [6, 6.07) is 12.1. The molecule has 0 unspecified atom stereocenters. The highest BCUT2D eigenvalue weighted by Crippen LogP contribution is 2.37. The van der Waals surface area contributed by atoms with Crippen molar-refractivity contribution in [2.45, 2.75) is 76.7 Å². The van der Waals surface area contributed by atoms with Gasteiger partial charge in [0.25, 0.3) is 0 Å². The minimum atomic E-state index is -1.15. The number of amides is 6. The summed E-state index contributed by atoms with van der Waals surface area (Å²) in [5.41, 5.74) is 2.09. The molecule has 6 amide bonds. The second kappa shape index (κ2) is 19.7. The standard InChI is InChI=1S/C40H49ClN6O9/c1-22(36(49)42-4)44-39(52)32(18-26-10-13-28(54-6)14-11-26)47(5)40(53)24(3)45-37(50)23(2)43-38(51)31-19-27-20-34(33(55-7)21-30(27)41)56-29-15-8-25(9-16-29)12-17-35(48)46-31/h8-11,13-16,20-24,31-32H,12,17-19H2,1-7H3,(H,42,49)(H,43,51)(H,44,52)(H,45,50)(H,46,48)/t22-,23+,24-,31-,32-/m0/s1. The monoisotopic (exact) mass is 792 g/mol. The molecule has 15 nitrogen and oxygen atoms in total. The number of fused-ring (bicyclic) bond motifs is 7. The molecule has 0 fully saturated rings. The molecule has 0 radical (unpaired) electrons. The predicted octanol–water partition coefficient (Wildman–Crippen LogP) is 2.45. The van der Waals surface area contributed by atoms with Gasteiger partial charge in [-0.1, -0.05) is 35.9 Å². The van der Waals surface area contributed by atoms with Gasteiger partial charge in [0, 0.05) is 44.4 Å². The van der Waals surface area contributed by atoms with E-state index in [0.717, 1.165) is 5.56 Å². The minimum absolute atomic E-state index is 0.0431. The fourth-order valence-corrected chi connectivity index (χ4v) is 6.23. The summed E-state index contributed by atoms with van der Waals surface area (Å²) in [5, 5.41) is 13.4. The Balaban J connectivity index is 1.47. The number of benzene rings is 3. The third-order valence-corrected chi connectivity index (χ3v) is 9.74. The van der Waals surface area contributed by atoms with Crippen molar-refractivity contribution in [2.75, 3.05) is 28.3 Å². The molecule has 0 saturated carbocycles. The van der Waals surface area contributed by atoms with Gasteiger partial charge in [0.1, 0.15) is 41.7 Å². The molecule has 0 aromatic heterocycles. The smallest absolute Gasteiger partial charge is 0.245 e. The first kappa shape index (κ1) is 42.9. The molecule has 3 aromatic carbocycles. The number of carbonyl (C=O) groups excluding carboxylic acids is 6. The lowest BCUT2D eigenvalue weighted by atomic mass is 10.0. The Morgan fingerprint density at radius 3 is 2.12 bits per heavy atom. The molecule has 2 aliphatic rings. The molecule has 0 saturated heterocycles. The average molecular weight is 793 g/mol. The number of nitrogens with one attached hydrogen (secondary N) is 5. The fourth-order valence-electron chi connectivity index (χ4n) is 6.00. The van der Waals surface area contributed by atoms with Crippen LogP contribution in [0.25, 0.3) is 0 Å². The lowest BCUT2D eigenvalue weighted by molar-refractivity contribution is -0.142. The van der Waals surface area contributed by atoms with Crippen LogP contribution < -0.4 is 40.8 Å². The number of rotatable bonds is 13. The van der Waals surface area contributed by atoms with Gasteiger partial charge in [0.15, 0.2) is 11.5 Å². The Labute approximate surface area is 331 Å². The first-order chi connectivity index (χ1) is 26.6. The van der Waals surface area contributed by atoms with Gasteiger partial charge in [-0.2, -0.15) is 0 Å². The molecule has 4 bridgehead atoms. The van der Waals surface area contributed by atoms with Crippen molar-refractivity contribution in [1.29, 1.82) is 0 Å². The number of hydrogen-bond acceptors (Lipinski definition) is 9. The molecule has 5 atom stereocenters. The molecule has 3 aromatic rings. The average Bonchev–Trinajstić information content (AvgIpc) is 3.19. The van der Waals surface area contributed by atoms with E-state index < -0.39 is 59.7 Å². The minimum Gasteiger partial charge on any atom is -0.497 e. The normalized spacial score (nSPS) is 15.9. The van der Waals surface area contributed by atoms with Crippen LogP contribution >= 0.6 is 11.6 Å². The number of nitrogens with zero attached hydrogens (tertiary/aromatic N) is 1. The molecular formula is C40H49ClN6O9. The topological polar surface area (TPSA) is 193 Å². The van der Waals surface area contributed by atoms with Crippen molar-refractivity contribution in [3.63, 3.8) is 0 Å². The van der Waals surface area contributed by atoms with Crippen LogP contribution in [0.5, 0.6) is 23.0 Å². The summed E-state index contributed by atoms with van der Waals surface area (Å²) in [7, 11) is 5.88. The van der Waals surface area contributed by atoms with E-state index >= 15 is 0 Å². The quantitative estimate of drug-likeness (QED) is 0.173. The zero-order valence-corrected chi connectivity index (χ0v) is 33.2. The first-order valence-corrected chi connectivity index (χ1v) is 18.5. The van der Waals surface area contributed by atoms with E-state index in [4.69, 9.17) is 25.8 Å². The van der Waals surface area contributed by atoms with Crippen LogP contribution in [0, 0.1) is 0 Å². The molecular weight excluding hydrogens is 744 g/mol. The maximum atomic E-state index is 13.7. The zero-order chi connectivity index (χ0) is 41.1. The van der Waals surface area contributed by atoms with E-state index in [-0.39, 0.29) is 30.2 Å². The maximum absolute atomic E-state index is 13.7. The highest BCUT2D eigenvalue weighted by molar-refractivity contribution is 6.31. The van der Waals surface area contributed by atoms with Crippen LogP contribution in [0.3, 0.4) is 0 Å². The van der Waals surface area contributed by atoms with Crippen LogP contribution in [0.1, 0.15) is 43.9 Å². The van der Waals surface area contributed by atoms with Crippen LogP contribution in [0.15, 0.2) is 60.7 Å². The van der Waals surface area contributed by atoms with Crippen molar-refractivity contribution in [3.8, 4) is 23.0 Å². The number of hydrogen-bond donors (Lipinski definition) is 5. The molecule has 2 heterocycles. The highest BCUT2D eigenvalue weighted by atomic mass is 35.5. The van der Waals surface area contributed by atoms with Gasteiger partial charge in [-0.25, -0.2) is 0 Å². The number of halogens is 1. The number of ether oxygens (including phenoxy) is 3. The van der Waals surface area contributed by atoms with Crippen molar-refractivity contribution in [2.24, 2.45) is 0 Å². The molecule has 0 spiro atoms. The second-order valence-electron chi connectivity index (χ2n) is 13.5. The van der Waals surface area contributed by atoms with Crippen LogP contribution in [-0.2, 0) is 48.0 Å². The summed E-state index contributed by atoms with van der Waals surface area (Å²) >= 11 is 6.60. The molecule has 5 N–H and O–H groups in total.